The van der Waals surface area contributed by atoms with Crippen LogP contribution >= 0.6 is 12.0 Å². The fourth-order valence-corrected chi connectivity index (χ4v) is 1.79. The second-order valence-electron chi connectivity index (χ2n) is 3.11. The Balaban J connectivity index is 2.87. The molecule has 0 aliphatic carbocycles. The minimum Gasteiger partial charge on any atom is -0.495 e. The summed E-state index contributed by atoms with van der Waals surface area (Å²) in [5.41, 5.74) is 0.886. The zero-order valence-electron chi connectivity index (χ0n) is 9.06. The van der Waals surface area contributed by atoms with Crippen molar-refractivity contribution in [3.8, 4) is 5.75 Å². The van der Waals surface area contributed by atoms with Gasteiger partial charge in [0.25, 0.3) is 0 Å². The second-order valence-corrected chi connectivity index (χ2v) is 3.85. The van der Waals surface area contributed by atoms with E-state index in [9.17, 15) is 4.79 Å². The Kier molecular flexibility index (Phi) is 5.27. The maximum atomic E-state index is 11.0. The van der Waals surface area contributed by atoms with Gasteiger partial charge in [0.2, 0.25) is 0 Å². The number of methoxy groups -OCH3 is 1. The van der Waals surface area contributed by atoms with Crippen molar-refractivity contribution < 1.29 is 18.9 Å². The van der Waals surface area contributed by atoms with Crippen molar-refractivity contribution in [1.29, 1.82) is 0 Å². The van der Waals surface area contributed by atoms with Crippen molar-refractivity contribution in [2.75, 3.05) is 7.11 Å². The van der Waals surface area contributed by atoms with Gasteiger partial charge < -0.3 is 4.74 Å². The van der Waals surface area contributed by atoms with Crippen molar-refractivity contribution in [2.45, 2.75) is 18.2 Å². The highest BCUT2D eigenvalue weighted by Gasteiger charge is 2.07. The molecule has 1 aromatic carbocycles. The van der Waals surface area contributed by atoms with Crippen LogP contribution in [0.1, 0.15) is 12.5 Å². The summed E-state index contributed by atoms with van der Waals surface area (Å²) in [6.07, 6.45) is 0.376. The van der Waals surface area contributed by atoms with Crippen LogP contribution in [0.3, 0.4) is 0 Å². The number of carbonyl (C=O) groups is 1. The number of benzene rings is 1. The fourth-order valence-electron chi connectivity index (χ4n) is 1.24. The molecular formula is C10H13NO4S. The molecule has 0 aromatic heterocycles. The van der Waals surface area contributed by atoms with Crippen LogP contribution in [0.15, 0.2) is 23.1 Å². The van der Waals surface area contributed by atoms with Crippen LogP contribution in [0, 0.1) is 0 Å². The van der Waals surface area contributed by atoms with E-state index in [0.29, 0.717) is 17.1 Å². The Morgan fingerprint density at radius 1 is 1.50 bits per heavy atom. The molecule has 0 unspecified atom stereocenters. The van der Waals surface area contributed by atoms with E-state index in [-0.39, 0.29) is 5.78 Å². The van der Waals surface area contributed by atoms with Crippen LogP contribution < -0.4 is 10.6 Å². The van der Waals surface area contributed by atoms with Crippen molar-refractivity contribution in [1.82, 2.24) is 0 Å². The van der Waals surface area contributed by atoms with Gasteiger partial charge in [-0.25, -0.2) is 0 Å². The predicted octanol–water partition coefficient (Wildman–Crippen LogP) is 1.66. The van der Waals surface area contributed by atoms with E-state index in [1.165, 1.54) is 6.92 Å². The van der Waals surface area contributed by atoms with Crippen LogP contribution in [-0.2, 0) is 20.5 Å². The van der Waals surface area contributed by atoms with Gasteiger partial charge in [-0.2, -0.15) is 5.90 Å². The smallest absolute Gasteiger partial charge is 0.134 e. The van der Waals surface area contributed by atoms with E-state index < -0.39 is 0 Å². The Morgan fingerprint density at radius 3 is 2.81 bits per heavy atom. The van der Waals surface area contributed by atoms with Crippen LogP contribution in [0.25, 0.3) is 0 Å². The lowest BCUT2D eigenvalue weighted by molar-refractivity contribution is -0.195. The van der Waals surface area contributed by atoms with E-state index in [1.54, 1.807) is 19.2 Å². The lowest BCUT2D eigenvalue weighted by atomic mass is 10.1. The van der Waals surface area contributed by atoms with Crippen molar-refractivity contribution in [2.24, 2.45) is 5.90 Å². The molecule has 0 radical (unpaired) electrons. The van der Waals surface area contributed by atoms with Gasteiger partial charge in [-0.3, -0.25) is 4.79 Å². The molecule has 1 aromatic rings. The Morgan fingerprint density at radius 2 is 2.25 bits per heavy atom. The van der Waals surface area contributed by atoms with Crippen molar-refractivity contribution >= 4 is 17.8 Å². The van der Waals surface area contributed by atoms with Crippen molar-refractivity contribution in [3.63, 3.8) is 0 Å². The number of ether oxygens (including phenoxy) is 1. The summed E-state index contributed by atoms with van der Waals surface area (Å²) >= 11 is 0.929. The summed E-state index contributed by atoms with van der Waals surface area (Å²) in [5.74, 6) is 5.48. The Bertz CT molecular complexity index is 370. The number of hydrogen-bond acceptors (Lipinski definition) is 6. The molecule has 1 rings (SSSR count). The van der Waals surface area contributed by atoms with Gasteiger partial charge in [-0.05, 0) is 24.6 Å². The molecule has 0 bridgehead atoms. The summed E-state index contributed by atoms with van der Waals surface area (Å²) in [6, 6.07) is 5.39. The molecule has 0 aliphatic heterocycles. The quantitative estimate of drug-likeness (QED) is 0.465. The third kappa shape index (κ3) is 3.82. The van der Waals surface area contributed by atoms with Gasteiger partial charge in [-0.15, -0.1) is 9.32 Å². The SMILES string of the molecule is COc1ccc(CC(C)=O)cc1SOON. The average Bonchev–Trinajstić information content (AvgIpc) is 2.25. The highest BCUT2D eigenvalue weighted by Crippen LogP contribution is 2.30. The molecule has 88 valence electrons. The Labute approximate surface area is 97.9 Å². The minimum absolute atomic E-state index is 0.0945. The summed E-state index contributed by atoms with van der Waals surface area (Å²) in [7, 11) is 1.55. The molecule has 16 heavy (non-hydrogen) atoms. The molecule has 0 atom stereocenters. The maximum absolute atomic E-state index is 11.0. The number of hydrogen-bond donors (Lipinski definition) is 1. The number of carbonyl (C=O) groups excluding carboxylic acids is 1. The highest BCUT2D eigenvalue weighted by molar-refractivity contribution is 7.94. The summed E-state index contributed by atoms with van der Waals surface area (Å²) in [6.45, 7) is 1.54. The standard InChI is InChI=1S/C10H13NO4S/c1-7(12)5-8-3-4-9(13-2)10(6-8)16-15-14-11/h3-4,6H,5,11H2,1-2H3. The molecule has 0 saturated heterocycles. The molecular weight excluding hydrogens is 230 g/mol. The first kappa shape index (κ1) is 13.0. The predicted molar refractivity (Wildman–Crippen MR) is 59.6 cm³/mol. The zero-order valence-corrected chi connectivity index (χ0v) is 9.87. The first-order valence-corrected chi connectivity index (χ1v) is 5.28. The number of ketones is 1. The molecule has 0 amide bonds. The van der Waals surface area contributed by atoms with Gasteiger partial charge in [-0.1, -0.05) is 6.07 Å². The number of Topliss-reactive ketones (excluding diaryl/α,β-unsaturated/α-hetero) is 1. The zero-order chi connectivity index (χ0) is 12.0. The van der Waals surface area contributed by atoms with Crippen LogP contribution in [0.2, 0.25) is 0 Å². The molecule has 0 spiro atoms. The maximum Gasteiger partial charge on any atom is 0.134 e. The van der Waals surface area contributed by atoms with Gasteiger partial charge in [0.15, 0.2) is 0 Å². The van der Waals surface area contributed by atoms with Crippen LogP contribution in [-0.4, -0.2) is 12.9 Å². The molecule has 0 saturated carbocycles. The first-order valence-electron chi connectivity index (χ1n) is 4.53. The average molecular weight is 243 g/mol. The summed E-state index contributed by atoms with van der Waals surface area (Å²) in [5, 5.41) is 0. The molecule has 0 fully saturated rings. The lowest BCUT2D eigenvalue weighted by Crippen LogP contribution is -1.98. The molecule has 5 nitrogen and oxygen atoms in total. The van der Waals surface area contributed by atoms with E-state index in [0.717, 1.165) is 17.6 Å². The van der Waals surface area contributed by atoms with E-state index >= 15 is 0 Å². The van der Waals surface area contributed by atoms with Crippen LogP contribution in [0.5, 0.6) is 5.75 Å². The van der Waals surface area contributed by atoms with E-state index in [4.69, 9.17) is 10.6 Å². The molecule has 6 heteroatoms. The molecule has 0 aliphatic rings. The topological polar surface area (TPSA) is 70.8 Å². The fraction of sp³-hybridized carbons (Fsp3) is 0.300. The number of rotatable bonds is 6. The minimum atomic E-state index is 0.0945. The van der Waals surface area contributed by atoms with Gasteiger partial charge in [0.1, 0.15) is 11.5 Å². The van der Waals surface area contributed by atoms with Crippen molar-refractivity contribution in [3.05, 3.63) is 23.8 Å². The summed E-state index contributed by atoms with van der Waals surface area (Å²) < 4.78 is 9.67. The second kappa shape index (κ2) is 6.49. The molecule has 2 N–H and O–H groups in total. The van der Waals surface area contributed by atoms with Gasteiger partial charge in [0, 0.05) is 6.42 Å². The number of nitrogens with two attached hydrogens (primary N) is 1. The third-order valence-corrected chi connectivity index (χ3v) is 2.49. The lowest BCUT2D eigenvalue weighted by Gasteiger charge is -2.08. The first-order chi connectivity index (χ1) is 7.67. The highest BCUT2D eigenvalue weighted by atomic mass is 32.2. The molecule has 0 heterocycles. The largest absolute Gasteiger partial charge is 0.495 e. The summed E-state index contributed by atoms with van der Waals surface area (Å²) in [4.78, 5) is 15.7. The van der Waals surface area contributed by atoms with E-state index in [2.05, 4.69) is 9.32 Å². The van der Waals surface area contributed by atoms with E-state index in [1.807, 2.05) is 6.07 Å². The van der Waals surface area contributed by atoms with Crippen LogP contribution in [0.4, 0.5) is 0 Å². The van der Waals surface area contributed by atoms with Gasteiger partial charge >= 0.3 is 0 Å². The normalized spacial score (nSPS) is 10.2. The Hall–Kier alpha value is -1.08. The van der Waals surface area contributed by atoms with Gasteiger partial charge in [0.05, 0.1) is 24.0 Å². The third-order valence-electron chi connectivity index (χ3n) is 1.84. The monoisotopic (exact) mass is 243 g/mol.